The number of halogens is 3. The molecular formula is C11H13F3N2O4. The minimum Gasteiger partial charge on any atom is -0.475 e. The minimum absolute atomic E-state index is 0.251. The van der Waals surface area contributed by atoms with Crippen molar-refractivity contribution in [2.75, 3.05) is 7.05 Å². The number of carboxylic acid groups (broad SMARTS) is 1. The van der Waals surface area contributed by atoms with E-state index in [1.807, 2.05) is 30.3 Å². The number of carbonyl (C=O) groups is 2. The molecule has 9 heteroatoms. The number of amides is 1. The van der Waals surface area contributed by atoms with Crippen LogP contribution in [0.2, 0.25) is 0 Å². The molecule has 1 amide bonds. The summed E-state index contributed by atoms with van der Waals surface area (Å²) in [4.78, 5) is 19.8. The fraction of sp³-hybridized carbons (Fsp3) is 0.273. The van der Waals surface area contributed by atoms with Gasteiger partial charge in [0.15, 0.2) is 0 Å². The van der Waals surface area contributed by atoms with E-state index >= 15 is 0 Å². The standard InChI is InChI=1S/C9H12N2O2.C2HF3O2/c1-11(10)9(12)13-7-8-5-3-2-4-6-8;3-2(4,5)1(6)7/h2-6H,7,10H2,1H3;(H,6,7). The third kappa shape index (κ3) is 7.93. The molecule has 1 aromatic rings. The highest BCUT2D eigenvalue weighted by Gasteiger charge is 2.38. The molecule has 0 aromatic heterocycles. The summed E-state index contributed by atoms with van der Waals surface area (Å²) in [6.45, 7) is 0.251. The van der Waals surface area contributed by atoms with Gasteiger partial charge < -0.3 is 9.84 Å². The second-order valence-electron chi connectivity index (χ2n) is 3.45. The Labute approximate surface area is 112 Å². The van der Waals surface area contributed by atoms with E-state index in [1.165, 1.54) is 7.05 Å². The molecule has 20 heavy (non-hydrogen) atoms. The lowest BCUT2D eigenvalue weighted by molar-refractivity contribution is -0.192. The zero-order valence-corrected chi connectivity index (χ0v) is 10.4. The summed E-state index contributed by atoms with van der Waals surface area (Å²) in [6.07, 6.45) is -5.62. The van der Waals surface area contributed by atoms with Gasteiger partial charge in [-0.25, -0.2) is 20.4 Å². The van der Waals surface area contributed by atoms with Crippen LogP contribution in [0.3, 0.4) is 0 Å². The lowest BCUT2D eigenvalue weighted by Gasteiger charge is -2.10. The average molecular weight is 294 g/mol. The van der Waals surface area contributed by atoms with Gasteiger partial charge in [-0.15, -0.1) is 0 Å². The van der Waals surface area contributed by atoms with E-state index < -0.39 is 18.2 Å². The molecule has 6 nitrogen and oxygen atoms in total. The van der Waals surface area contributed by atoms with Crippen molar-refractivity contribution in [1.82, 2.24) is 5.01 Å². The van der Waals surface area contributed by atoms with Crippen molar-refractivity contribution in [3.8, 4) is 0 Å². The fourth-order valence-corrected chi connectivity index (χ4v) is 0.821. The predicted octanol–water partition coefficient (Wildman–Crippen LogP) is 1.76. The van der Waals surface area contributed by atoms with Gasteiger partial charge in [0.25, 0.3) is 0 Å². The summed E-state index contributed by atoms with van der Waals surface area (Å²) in [5.41, 5.74) is 0.942. The van der Waals surface area contributed by atoms with Crippen LogP contribution >= 0.6 is 0 Å². The van der Waals surface area contributed by atoms with Crippen LogP contribution < -0.4 is 5.84 Å². The first-order valence-electron chi connectivity index (χ1n) is 5.13. The van der Waals surface area contributed by atoms with Crippen LogP contribution in [0.15, 0.2) is 30.3 Å². The van der Waals surface area contributed by atoms with Crippen molar-refractivity contribution in [3.63, 3.8) is 0 Å². The largest absolute Gasteiger partial charge is 0.490 e. The molecule has 0 heterocycles. The average Bonchev–Trinajstić information content (AvgIpc) is 2.36. The van der Waals surface area contributed by atoms with E-state index in [9.17, 15) is 18.0 Å². The first kappa shape index (κ1) is 17.7. The first-order valence-corrected chi connectivity index (χ1v) is 5.13. The number of hydrazine groups is 1. The third-order valence-corrected chi connectivity index (χ3v) is 1.74. The summed E-state index contributed by atoms with van der Waals surface area (Å²) in [5, 5.41) is 8.03. The molecule has 0 aliphatic heterocycles. The number of carbonyl (C=O) groups excluding carboxylic acids is 1. The quantitative estimate of drug-likeness (QED) is 0.492. The van der Waals surface area contributed by atoms with Gasteiger partial charge in [0.05, 0.1) is 0 Å². The van der Waals surface area contributed by atoms with Crippen LogP contribution in [0, 0.1) is 0 Å². The SMILES string of the molecule is CN(N)C(=O)OCc1ccccc1.O=C(O)C(F)(F)F. The van der Waals surface area contributed by atoms with Crippen LogP contribution in [-0.4, -0.2) is 35.4 Å². The molecule has 0 radical (unpaired) electrons. The van der Waals surface area contributed by atoms with E-state index in [-0.39, 0.29) is 6.61 Å². The molecule has 0 spiro atoms. The number of hydrogen-bond acceptors (Lipinski definition) is 4. The molecule has 3 N–H and O–H groups in total. The zero-order chi connectivity index (χ0) is 15.8. The molecule has 0 aliphatic rings. The molecule has 1 aromatic carbocycles. The van der Waals surface area contributed by atoms with Gasteiger partial charge >= 0.3 is 18.2 Å². The lowest BCUT2D eigenvalue weighted by Crippen LogP contribution is -2.33. The number of aliphatic carboxylic acids is 1. The van der Waals surface area contributed by atoms with Crippen molar-refractivity contribution >= 4 is 12.1 Å². The Morgan fingerprint density at radius 1 is 1.30 bits per heavy atom. The van der Waals surface area contributed by atoms with Crippen LogP contribution in [0.4, 0.5) is 18.0 Å². The maximum atomic E-state index is 10.9. The van der Waals surface area contributed by atoms with E-state index in [2.05, 4.69) is 0 Å². The highest BCUT2D eigenvalue weighted by Crippen LogP contribution is 2.13. The van der Waals surface area contributed by atoms with Crippen LogP contribution in [0.1, 0.15) is 5.56 Å². The Morgan fingerprint density at radius 2 is 1.75 bits per heavy atom. The third-order valence-electron chi connectivity index (χ3n) is 1.74. The van der Waals surface area contributed by atoms with Gasteiger partial charge in [0, 0.05) is 7.05 Å². The molecule has 0 saturated carbocycles. The van der Waals surface area contributed by atoms with Crippen LogP contribution in [-0.2, 0) is 16.1 Å². The van der Waals surface area contributed by atoms with Crippen molar-refractivity contribution in [1.29, 1.82) is 0 Å². The molecule has 0 saturated heterocycles. The summed E-state index contributed by atoms with van der Waals surface area (Å²) in [5.74, 6) is 2.40. The van der Waals surface area contributed by atoms with E-state index in [0.29, 0.717) is 0 Å². The lowest BCUT2D eigenvalue weighted by atomic mass is 10.2. The first-order chi connectivity index (χ1) is 9.14. The summed E-state index contributed by atoms with van der Waals surface area (Å²) < 4.78 is 36.6. The molecule has 0 fully saturated rings. The fourth-order valence-electron chi connectivity index (χ4n) is 0.821. The number of ether oxygens (including phenoxy) is 1. The van der Waals surface area contributed by atoms with Gasteiger partial charge in [-0.05, 0) is 5.56 Å². The van der Waals surface area contributed by atoms with Gasteiger partial charge in [-0.1, -0.05) is 30.3 Å². The number of alkyl halides is 3. The maximum absolute atomic E-state index is 10.9. The van der Waals surface area contributed by atoms with E-state index in [1.54, 1.807) is 0 Å². The second-order valence-corrected chi connectivity index (χ2v) is 3.45. The number of benzene rings is 1. The predicted molar refractivity (Wildman–Crippen MR) is 62.3 cm³/mol. The molecule has 0 atom stereocenters. The molecule has 0 aliphatic carbocycles. The second kappa shape index (κ2) is 8.00. The summed E-state index contributed by atoms with van der Waals surface area (Å²) in [7, 11) is 1.44. The topological polar surface area (TPSA) is 92.9 Å². The Bertz CT molecular complexity index is 435. The van der Waals surface area contributed by atoms with Crippen molar-refractivity contribution in [2.24, 2.45) is 5.84 Å². The highest BCUT2D eigenvalue weighted by molar-refractivity contribution is 5.73. The van der Waals surface area contributed by atoms with Crippen molar-refractivity contribution in [3.05, 3.63) is 35.9 Å². The molecule has 0 unspecified atom stereocenters. The van der Waals surface area contributed by atoms with Crippen LogP contribution in [0.25, 0.3) is 0 Å². The number of hydrogen-bond donors (Lipinski definition) is 2. The zero-order valence-electron chi connectivity index (χ0n) is 10.4. The molecule has 0 bridgehead atoms. The number of carboxylic acids is 1. The molecule has 1 rings (SSSR count). The summed E-state index contributed by atoms with van der Waals surface area (Å²) >= 11 is 0. The number of nitrogens with two attached hydrogens (primary N) is 1. The monoisotopic (exact) mass is 294 g/mol. The number of rotatable bonds is 2. The normalized spacial score (nSPS) is 10.1. The summed E-state index contributed by atoms with van der Waals surface area (Å²) in [6, 6.07) is 9.43. The minimum atomic E-state index is -5.08. The molecular weight excluding hydrogens is 281 g/mol. The Hall–Kier alpha value is -2.29. The van der Waals surface area contributed by atoms with Gasteiger partial charge in [0.1, 0.15) is 6.61 Å². The Balaban J connectivity index is 0.000000441. The molecule has 112 valence electrons. The van der Waals surface area contributed by atoms with Gasteiger partial charge in [-0.2, -0.15) is 13.2 Å². The Morgan fingerprint density at radius 3 is 2.10 bits per heavy atom. The van der Waals surface area contributed by atoms with Crippen molar-refractivity contribution < 1.29 is 32.6 Å². The maximum Gasteiger partial charge on any atom is 0.490 e. The van der Waals surface area contributed by atoms with Crippen molar-refractivity contribution in [2.45, 2.75) is 12.8 Å². The highest BCUT2D eigenvalue weighted by atomic mass is 19.4. The van der Waals surface area contributed by atoms with E-state index in [4.69, 9.17) is 20.5 Å². The van der Waals surface area contributed by atoms with E-state index in [0.717, 1.165) is 10.6 Å². The Kier molecular flexibility index (Phi) is 7.08. The number of nitrogens with zero attached hydrogens (tertiary/aromatic N) is 1. The smallest absolute Gasteiger partial charge is 0.475 e. The van der Waals surface area contributed by atoms with Gasteiger partial charge in [-0.3, -0.25) is 0 Å². The van der Waals surface area contributed by atoms with Gasteiger partial charge in [0.2, 0.25) is 0 Å². The van der Waals surface area contributed by atoms with Crippen LogP contribution in [0.5, 0.6) is 0 Å².